The predicted octanol–water partition coefficient (Wildman–Crippen LogP) is 3.41. The average Bonchev–Trinajstić information content (AvgIpc) is 2.74. The highest BCUT2D eigenvalue weighted by Crippen LogP contribution is 2.18. The van der Waals surface area contributed by atoms with E-state index in [9.17, 15) is 4.79 Å². The molecule has 1 heterocycles. The van der Waals surface area contributed by atoms with E-state index >= 15 is 0 Å². The van der Waals surface area contributed by atoms with Gasteiger partial charge in [0.05, 0.1) is 5.69 Å². The van der Waals surface area contributed by atoms with Gasteiger partial charge in [-0.25, -0.2) is 0 Å². The van der Waals surface area contributed by atoms with Gasteiger partial charge in [0, 0.05) is 37.0 Å². The number of hydrogen-bond acceptors (Lipinski definition) is 2. The molecular formula is C18H25N3O. The number of rotatable bonds is 4. The fraction of sp³-hybridized carbons (Fsp3) is 0.444. The van der Waals surface area contributed by atoms with Crippen molar-refractivity contribution in [2.75, 3.05) is 7.05 Å². The summed E-state index contributed by atoms with van der Waals surface area (Å²) in [6.07, 6.45) is 0. The van der Waals surface area contributed by atoms with Gasteiger partial charge in [-0.05, 0) is 46.2 Å². The van der Waals surface area contributed by atoms with Crippen LogP contribution in [0.4, 0.5) is 0 Å². The Balaban J connectivity index is 2.23. The summed E-state index contributed by atoms with van der Waals surface area (Å²) in [5.74, 6) is 0.0561. The fourth-order valence-electron chi connectivity index (χ4n) is 2.84. The molecule has 118 valence electrons. The lowest BCUT2D eigenvalue weighted by atomic mass is 10.0. The van der Waals surface area contributed by atoms with Crippen LogP contribution in [0.25, 0.3) is 0 Å². The summed E-state index contributed by atoms with van der Waals surface area (Å²) in [4.78, 5) is 14.5. The van der Waals surface area contributed by atoms with Gasteiger partial charge < -0.3 is 4.90 Å². The van der Waals surface area contributed by atoms with Gasteiger partial charge in [-0.3, -0.25) is 9.48 Å². The van der Waals surface area contributed by atoms with Gasteiger partial charge in [-0.2, -0.15) is 5.10 Å². The highest BCUT2D eigenvalue weighted by Gasteiger charge is 2.18. The molecule has 0 aliphatic heterocycles. The predicted molar refractivity (Wildman–Crippen MR) is 89.1 cm³/mol. The first-order valence-corrected chi connectivity index (χ1v) is 7.70. The SMILES string of the molecule is CCn1nc(C)c(CN(C)C(=O)c2ccc(C)cc2C)c1C. The maximum absolute atomic E-state index is 12.7. The third kappa shape index (κ3) is 3.06. The van der Waals surface area contributed by atoms with Gasteiger partial charge in [-0.1, -0.05) is 17.7 Å². The minimum Gasteiger partial charge on any atom is -0.337 e. The number of benzene rings is 1. The van der Waals surface area contributed by atoms with E-state index in [4.69, 9.17) is 0 Å². The first-order valence-electron chi connectivity index (χ1n) is 7.70. The largest absolute Gasteiger partial charge is 0.337 e. The molecule has 0 aliphatic rings. The smallest absolute Gasteiger partial charge is 0.254 e. The Morgan fingerprint density at radius 3 is 2.45 bits per heavy atom. The molecule has 2 rings (SSSR count). The lowest BCUT2D eigenvalue weighted by Crippen LogP contribution is -2.27. The maximum Gasteiger partial charge on any atom is 0.254 e. The zero-order chi connectivity index (χ0) is 16.4. The Bertz CT molecular complexity index is 701. The van der Waals surface area contributed by atoms with Crippen LogP contribution in [-0.2, 0) is 13.1 Å². The minimum atomic E-state index is 0.0561. The third-order valence-electron chi connectivity index (χ3n) is 4.19. The van der Waals surface area contributed by atoms with Crippen molar-refractivity contribution in [1.82, 2.24) is 14.7 Å². The lowest BCUT2D eigenvalue weighted by molar-refractivity contribution is 0.0784. The fourth-order valence-corrected chi connectivity index (χ4v) is 2.84. The third-order valence-corrected chi connectivity index (χ3v) is 4.19. The molecule has 0 N–H and O–H groups in total. The summed E-state index contributed by atoms with van der Waals surface area (Å²) in [5.41, 5.74) is 6.25. The van der Waals surface area contributed by atoms with Gasteiger partial charge in [-0.15, -0.1) is 0 Å². The molecule has 4 nitrogen and oxygen atoms in total. The molecule has 0 radical (unpaired) electrons. The summed E-state index contributed by atoms with van der Waals surface area (Å²) < 4.78 is 1.99. The molecule has 0 atom stereocenters. The molecule has 1 amide bonds. The second-order valence-corrected chi connectivity index (χ2v) is 5.94. The molecule has 0 bridgehead atoms. The normalized spacial score (nSPS) is 10.8. The molecule has 1 aromatic heterocycles. The number of amides is 1. The van der Waals surface area contributed by atoms with Crippen molar-refractivity contribution in [3.8, 4) is 0 Å². The second-order valence-electron chi connectivity index (χ2n) is 5.94. The summed E-state index contributed by atoms with van der Waals surface area (Å²) in [5, 5.41) is 4.52. The van der Waals surface area contributed by atoms with E-state index in [2.05, 4.69) is 18.9 Å². The van der Waals surface area contributed by atoms with E-state index in [0.717, 1.165) is 34.6 Å². The lowest BCUT2D eigenvalue weighted by Gasteiger charge is -2.19. The molecule has 0 spiro atoms. The molecule has 4 heteroatoms. The Hall–Kier alpha value is -2.10. The molecule has 1 aromatic carbocycles. The van der Waals surface area contributed by atoms with Crippen LogP contribution in [0.2, 0.25) is 0 Å². The van der Waals surface area contributed by atoms with Crippen molar-refractivity contribution in [2.45, 2.75) is 47.7 Å². The van der Waals surface area contributed by atoms with E-state index in [-0.39, 0.29) is 5.91 Å². The molecule has 2 aromatic rings. The molecule has 0 aliphatic carbocycles. The highest BCUT2D eigenvalue weighted by molar-refractivity contribution is 5.95. The van der Waals surface area contributed by atoms with Gasteiger partial charge >= 0.3 is 0 Å². The Labute approximate surface area is 132 Å². The zero-order valence-electron chi connectivity index (χ0n) is 14.4. The van der Waals surface area contributed by atoms with Crippen LogP contribution >= 0.6 is 0 Å². The molecule has 0 saturated heterocycles. The van der Waals surface area contributed by atoms with Crippen LogP contribution in [0.5, 0.6) is 0 Å². The Morgan fingerprint density at radius 1 is 1.23 bits per heavy atom. The second kappa shape index (κ2) is 6.34. The zero-order valence-corrected chi connectivity index (χ0v) is 14.4. The van der Waals surface area contributed by atoms with Crippen LogP contribution in [0.15, 0.2) is 18.2 Å². The van der Waals surface area contributed by atoms with Crippen molar-refractivity contribution in [2.24, 2.45) is 0 Å². The van der Waals surface area contributed by atoms with Gasteiger partial charge in [0.15, 0.2) is 0 Å². The number of hydrogen-bond donors (Lipinski definition) is 0. The number of carbonyl (C=O) groups is 1. The van der Waals surface area contributed by atoms with Crippen molar-refractivity contribution in [3.63, 3.8) is 0 Å². The highest BCUT2D eigenvalue weighted by atomic mass is 16.2. The number of carbonyl (C=O) groups excluding carboxylic acids is 1. The summed E-state index contributed by atoms with van der Waals surface area (Å²) in [6.45, 7) is 11.6. The first-order chi connectivity index (χ1) is 10.3. The molecule has 0 unspecified atom stereocenters. The average molecular weight is 299 g/mol. The van der Waals surface area contributed by atoms with Crippen molar-refractivity contribution in [1.29, 1.82) is 0 Å². The van der Waals surface area contributed by atoms with Crippen LogP contribution in [0, 0.1) is 27.7 Å². The first kappa shape index (κ1) is 16.3. The quantitative estimate of drug-likeness (QED) is 0.867. The molecule has 22 heavy (non-hydrogen) atoms. The van der Waals surface area contributed by atoms with Gasteiger partial charge in [0.1, 0.15) is 0 Å². The van der Waals surface area contributed by atoms with Gasteiger partial charge in [0.25, 0.3) is 5.91 Å². The van der Waals surface area contributed by atoms with E-state index in [1.165, 1.54) is 5.56 Å². The Morgan fingerprint density at radius 2 is 1.91 bits per heavy atom. The van der Waals surface area contributed by atoms with E-state index in [1.54, 1.807) is 4.90 Å². The van der Waals surface area contributed by atoms with Crippen molar-refractivity contribution >= 4 is 5.91 Å². The van der Waals surface area contributed by atoms with Crippen molar-refractivity contribution in [3.05, 3.63) is 51.8 Å². The van der Waals surface area contributed by atoms with Crippen LogP contribution in [0.1, 0.15) is 45.4 Å². The van der Waals surface area contributed by atoms with Crippen LogP contribution in [0.3, 0.4) is 0 Å². The minimum absolute atomic E-state index is 0.0561. The Kier molecular flexibility index (Phi) is 4.69. The topological polar surface area (TPSA) is 38.1 Å². The van der Waals surface area contributed by atoms with E-state index in [1.807, 2.05) is 50.7 Å². The summed E-state index contributed by atoms with van der Waals surface area (Å²) >= 11 is 0. The standard InChI is InChI=1S/C18H25N3O/c1-7-21-15(5)17(14(4)19-21)11-20(6)18(22)16-9-8-12(2)10-13(16)3/h8-10H,7,11H2,1-6H3. The summed E-state index contributed by atoms with van der Waals surface area (Å²) in [7, 11) is 1.85. The van der Waals surface area contributed by atoms with Crippen molar-refractivity contribution < 1.29 is 4.79 Å². The molecular weight excluding hydrogens is 274 g/mol. The number of nitrogens with zero attached hydrogens (tertiary/aromatic N) is 3. The maximum atomic E-state index is 12.7. The van der Waals surface area contributed by atoms with Gasteiger partial charge in [0.2, 0.25) is 0 Å². The van der Waals surface area contributed by atoms with Crippen LogP contribution in [-0.4, -0.2) is 27.6 Å². The number of aromatic nitrogens is 2. The molecule has 0 saturated carbocycles. The molecule has 0 fully saturated rings. The van der Waals surface area contributed by atoms with E-state index in [0.29, 0.717) is 6.54 Å². The monoisotopic (exact) mass is 299 g/mol. The van der Waals surface area contributed by atoms with Crippen LogP contribution < -0.4 is 0 Å². The number of aryl methyl sites for hydroxylation is 4. The van der Waals surface area contributed by atoms with E-state index < -0.39 is 0 Å². The summed E-state index contributed by atoms with van der Waals surface area (Å²) in [6, 6.07) is 5.95.